The van der Waals surface area contributed by atoms with Gasteiger partial charge in [-0.15, -0.1) is 0 Å². The van der Waals surface area contributed by atoms with Crippen LogP contribution in [0.1, 0.15) is 122 Å². The average molecular weight is 794 g/mol. The van der Waals surface area contributed by atoms with Crippen molar-refractivity contribution >= 4 is 44.5 Å². The number of allylic oxidation sites excluding steroid dienone is 2. The summed E-state index contributed by atoms with van der Waals surface area (Å²) in [5, 5.41) is 12.6. The Morgan fingerprint density at radius 1 is 1.11 bits per heavy atom. The summed E-state index contributed by atoms with van der Waals surface area (Å²) in [5.74, 6) is -2.18. The molecule has 1 aromatic carbocycles. The SMILES string of the molecule is COc1ccc2nc(C)c3c(c2c1)[C@H](O)C[C@]1(C[C@H]2C(=O)C[C@]4(C(=O)NS(=O)(=O)C5(C)CC5)C[C@H]4/C=C\CCCCC[C@H](CC(=O)OC(C)(C)C)C(=O)N2C1)O3. The van der Waals surface area contributed by atoms with Crippen LogP contribution < -0.4 is 14.2 Å². The molecule has 7 rings (SSSR count). The highest BCUT2D eigenvalue weighted by atomic mass is 32.2. The van der Waals surface area contributed by atoms with E-state index in [0.717, 1.165) is 19.3 Å². The van der Waals surface area contributed by atoms with E-state index in [1.54, 1.807) is 53.9 Å². The Bertz CT molecular complexity index is 2090. The van der Waals surface area contributed by atoms with Crippen LogP contribution in [0.25, 0.3) is 10.9 Å². The molecule has 56 heavy (non-hydrogen) atoms. The van der Waals surface area contributed by atoms with Crippen molar-refractivity contribution in [1.29, 1.82) is 0 Å². The largest absolute Gasteiger partial charge is 0.497 e. The number of Topliss-reactive ketones (excluding diaryl/α,β-unsaturated/α-hetero) is 1. The number of carbonyl (C=O) groups excluding carboxylic acids is 4. The second-order valence-corrected chi connectivity index (χ2v) is 20.3. The van der Waals surface area contributed by atoms with Crippen molar-refractivity contribution < 1.29 is 46.9 Å². The molecule has 4 heterocycles. The molecule has 0 unspecified atom stereocenters. The van der Waals surface area contributed by atoms with Gasteiger partial charge in [0.25, 0.3) is 0 Å². The molecule has 0 radical (unpaired) electrons. The van der Waals surface area contributed by atoms with E-state index in [1.165, 1.54) is 4.90 Å². The van der Waals surface area contributed by atoms with Crippen LogP contribution in [0.15, 0.2) is 30.4 Å². The Kier molecular flexibility index (Phi) is 10.3. The Morgan fingerprint density at radius 3 is 2.55 bits per heavy atom. The number of pyridine rings is 1. The van der Waals surface area contributed by atoms with Crippen molar-refractivity contribution in [3.05, 3.63) is 41.6 Å². The molecule has 1 aromatic heterocycles. The van der Waals surface area contributed by atoms with Crippen LogP contribution >= 0.6 is 0 Å². The molecule has 2 aliphatic carbocycles. The highest BCUT2D eigenvalue weighted by Gasteiger charge is 2.63. The van der Waals surface area contributed by atoms with Gasteiger partial charge < -0.3 is 24.2 Å². The summed E-state index contributed by atoms with van der Waals surface area (Å²) in [5.41, 5.74) is -1.52. The number of hydrogen-bond acceptors (Lipinski definition) is 11. The second-order valence-electron chi connectivity index (χ2n) is 18.1. The molecule has 5 aliphatic rings. The van der Waals surface area contributed by atoms with Crippen molar-refractivity contribution in [2.45, 2.75) is 140 Å². The molecule has 2 amide bonds. The minimum Gasteiger partial charge on any atom is -0.497 e. The number of esters is 1. The third-order valence-corrected chi connectivity index (χ3v) is 14.7. The lowest BCUT2D eigenvalue weighted by Gasteiger charge is -2.39. The Labute approximate surface area is 329 Å². The summed E-state index contributed by atoms with van der Waals surface area (Å²) >= 11 is 0. The lowest BCUT2D eigenvalue weighted by Crippen LogP contribution is -2.48. The lowest BCUT2D eigenvalue weighted by atomic mass is 9.83. The first-order valence-corrected chi connectivity index (χ1v) is 21.4. The molecule has 2 saturated carbocycles. The number of carbonyl (C=O) groups is 4. The van der Waals surface area contributed by atoms with Crippen LogP contribution in [0.5, 0.6) is 11.5 Å². The Balaban J connectivity index is 1.26. The zero-order valence-corrected chi connectivity index (χ0v) is 34.1. The van der Waals surface area contributed by atoms with Gasteiger partial charge in [-0.25, -0.2) is 13.4 Å². The molecule has 304 valence electrons. The van der Waals surface area contributed by atoms with Crippen LogP contribution in [0, 0.1) is 24.2 Å². The number of nitrogens with one attached hydrogen (secondary N) is 1. The highest BCUT2D eigenvalue weighted by molar-refractivity contribution is 7.91. The van der Waals surface area contributed by atoms with Gasteiger partial charge in [0, 0.05) is 36.1 Å². The Morgan fingerprint density at radius 2 is 1.86 bits per heavy atom. The molecule has 2 N–H and O–H groups in total. The quantitative estimate of drug-likeness (QED) is 0.277. The summed E-state index contributed by atoms with van der Waals surface area (Å²) in [6.07, 6.45) is 7.10. The molecule has 14 heteroatoms. The topological polar surface area (TPSA) is 178 Å². The maximum Gasteiger partial charge on any atom is 0.307 e. The number of aromatic nitrogens is 1. The highest BCUT2D eigenvalue weighted by Crippen LogP contribution is 2.58. The zero-order valence-electron chi connectivity index (χ0n) is 33.3. The van der Waals surface area contributed by atoms with E-state index in [0.29, 0.717) is 65.8 Å². The molecule has 0 bridgehead atoms. The first kappa shape index (κ1) is 40.2. The predicted octanol–water partition coefficient (Wildman–Crippen LogP) is 5.54. The van der Waals surface area contributed by atoms with Gasteiger partial charge in [-0.3, -0.25) is 23.9 Å². The summed E-state index contributed by atoms with van der Waals surface area (Å²) in [4.78, 5) is 63.1. The number of rotatable bonds is 6. The third kappa shape index (κ3) is 7.67. The first-order valence-electron chi connectivity index (χ1n) is 19.9. The number of nitrogens with zero attached hydrogens (tertiary/aromatic N) is 2. The number of ether oxygens (including phenoxy) is 3. The third-order valence-electron chi connectivity index (χ3n) is 12.5. The van der Waals surface area contributed by atoms with Gasteiger partial charge in [-0.05, 0) is 97.3 Å². The fourth-order valence-electron chi connectivity index (χ4n) is 8.94. The van der Waals surface area contributed by atoms with E-state index in [2.05, 4.69) is 4.72 Å². The second kappa shape index (κ2) is 14.4. The fraction of sp³-hybridized carbons (Fsp3) is 0.643. The van der Waals surface area contributed by atoms with Crippen LogP contribution in [0.4, 0.5) is 0 Å². The molecule has 1 saturated heterocycles. The lowest BCUT2D eigenvalue weighted by molar-refractivity contribution is -0.159. The van der Waals surface area contributed by atoms with Crippen molar-refractivity contribution in [2.24, 2.45) is 17.3 Å². The van der Waals surface area contributed by atoms with E-state index in [4.69, 9.17) is 19.2 Å². The van der Waals surface area contributed by atoms with Gasteiger partial charge in [0.1, 0.15) is 22.7 Å². The molecular formula is C42H55N3O10S. The molecule has 1 spiro atoms. The number of aliphatic hydroxyl groups excluding tert-OH is 1. The summed E-state index contributed by atoms with van der Waals surface area (Å²) < 4.78 is 45.8. The van der Waals surface area contributed by atoms with Gasteiger partial charge >= 0.3 is 5.97 Å². The van der Waals surface area contributed by atoms with E-state index in [-0.39, 0.29) is 38.1 Å². The standard InChI is InChI=1S/C42H55N3O10S/c1-25-36-35(29-19-28(53-6)14-15-30(29)43-25)33(47)22-41(55-36)21-31-32(46)23-42(38(50)44-56(51,52)40(5)16-17-40)20-27(42)13-11-9-7-8-10-12-26(37(49)45(31)24-41)18-34(48)54-39(2,3)4/h11,13-15,19,26-27,31,33,47H,7-10,12,16-18,20-24H2,1-6H3,(H,44,50)/b13-11-/t26-,27-,31+,33-,41+,42-/m1/s1. The molecule has 2 aromatic rings. The molecule has 6 atom stereocenters. The van der Waals surface area contributed by atoms with Crippen molar-refractivity contribution in [3.8, 4) is 11.5 Å². The van der Waals surface area contributed by atoms with Gasteiger partial charge in [0.15, 0.2) is 5.78 Å². The van der Waals surface area contributed by atoms with E-state index in [1.807, 2.05) is 18.2 Å². The van der Waals surface area contributed by atoms with E-state index >= 15 is 0 Å². The minimum atomic E-state index is -3.97. The summed E-state index contributed by atoms with van der Waals surface area (Å²) in [7, 11) is -2.42. The van der Waals surface area contributed by atoms with E-state index in [9.17, 15) is 32.7 Å². The van der Waals surface area contributed by atoms with Crippen molar-refractivity contribution in [2.75, 3.05) is 13.7 Å². The predicted molar refractivity (Wildman–Crippen MR) is 207 cm³/mol. The molecule has 3 fully saturated rings. The maximum absolute atomic E-state index is 14.8. The average Bonchev–Trinajstić information content (AvgIpc) is 4.01. The summed E-state index contributed by atoms with van der Waals surface area (Å²) in [6, 6.07) is 4.34. The monoisotopic (exact) mass is 793 g/mol. The molecule has 3 aliphatic heterocycles. The number of amides is 2. The molecular weight excluding hydrogens is 739 g/mol. The van der Waals surface area contributed by atoms with Crippen LogP contribution in [0.3, 0.4) is 0 Å². The summed E-state index contributed by atoms with van der Waals surface area (Å²) in [6.45, 7) is 8.64. The van der Waals surface area contributed by atoms with Gasteiger partial charge in [0.2, 0.25) is 21.8 Å². The minimum absolute atomic E-state index is 0.0252. The first-order chi connectivity index (χ1) is 26.3. The number of methoxy groups -OCH3 is 1. The van der Waals surface area contributed by atoms with Crippen molar-refractivity contribution in [1.82, 2.24) is 14.6 Å². The van der Waals surface area contributed by atoms with Gasteiger partial charge in [-0.2, -0.15) is 0 Å². The normalized spacial score (nSPS) is 30.9. The van der Waals surface area contributed by atoms with Crippen LogP contribution in [-0.4, -0.2) is 82.6 Å². The number of hydrogen-bond donors (Lipinski definition) is 2. The maximum atomic E-state index is 14.8. The fourth-order valence-corrected chi connectivity index (χ4v) is 10.3. The molecule has 13 nitrogen and oxygen atoms in total. The zero-order chi connectivity index (χ0) is 40.4. The smallest absolute Gasteiger partial charge is 0.307 e. The number of sulfonamides is 1. The van der Waals surface area contributed by atoms with E-state index < -0.39 is 73.0 Å². The number of aliphatic hydroxyl groups is 1. The number of aryl methyl sites for hydroxylation is 1. The number of fused-ring (bicyclic) bond motifs is 5. The Hall–Kier alpha value is -4.04. The van der Waals surface area contributed by atoms with Crippen LogP contribution in [-0.2, 0) is 33.9 Å². The van der Waals surface area contributed by atoms with Gasteiger partial charge in [0.05, 0.1) is 53.6 Å². The number of benzene rings is 1. The van der Waals surface area contributed by atoms with Gasteiger partial charge in [-0.1, -0.05) is 25.0 Å². The number of ketones is 1. The van der Waals surface area contributed by atoms with Crippen LogP contribution in [0.2, 0.25) is 0 Å². The van der Waals surface area contributed by atoms with Crippen molar-refractivity contribution in [3.63, 3.8) is 0 Å².